The van der Waals surface area contributed by atoms with Gasteiger partial charge in [0, 0.05) is 6.42 Å². The zero-order valence-electron chi connectivity index (χ0n) is 9.86. The second kappa shape index (κ2) is 5.64. The first-order valence-corrected chi connectivity index (χ1v) is 5.81. The van der Waals surface area contributed by atoms with Crippen molar-refractivity contribution >= 4 is 12.4 Å². The van der Waals surface area contributed by atoms with Gasteiger partial charge in [-0.15, -0.1) is 0 Å². The molecule has 1 heterocycles. The quantitative estimate of drug-likeness (QED) is 0.810. The van der Waals surface area contributed by atoms with Crippen molar-refractivity contribution in [3.8, 4) is 0 Å². The Kier molecular flexibility index (Phi) is 3.94. The van der Waals surface area contributed by atoms with Gasteiger partial charge in [-0.1, -0.05) is 30.3 Å². The van der Waals surface area contributed by atoms with Crippen LogP contribution in [0.15, 0.2) is 30.3 Å². The lowest BCUT2D eigenvalue weighted by Crippen LogP contribution is -2.37. The van der Waals surface area contributed by atoms with E-state index in [0.717, 1.165) is 5.56 Å². The minimum Gasteiger partial charge on any atom is -0.445 e. The molecule has 0 radical (unpaired) electrons. The first kappa shape index (κ1) is 12.6. The van der Waals surface area contributed by atoms with E-state index in [1.807, 2.05) is 30.3 Å². The number of β-amino-alcohol motifs (C(OH)–C–C–N with tert-alkyl or cyclic N) is 1. The van der Waals surface area contributed by atoms with Gasteiger partial charge in [-0.3, -0.25) is 4.90 Å². The van der Waals surface area contributed by atoms with E-state index < -0.39 is 18.2 Å². The number of hydrogen-bond acceptors (Lipinski definition) is 4. The van der Waals surface area contributed by atoms with Crippen LogP contribution in [0.1, 0.15) is 12.0 Å². The van der Waals surface area contributed by atoms with Gasteiger partial charge >= 0.3 is 6.09 Å². The molecule has 0 spiro atoms. The van der Waals surface area contributed by atoms with Crippen LogP contribution >= 0.6 is 0 Å². The first-order chi connectivity index (χ1) is 8.70. The number of hydrogen-bond donors (Lipinski definition) is 1. The van der Waals surface area contributed by atoms with Crippen LogP contribution in [0.5, 0.6) is 0 Å². The van der Waals surface area contributed by atoms with Gasteiger partial charge in [0.05, 0.1) is 18.7 Å². The number of aliphatic hydroxyl groups excluding tert-OH is 1. The van der Waals surface area contributed by atoms with Crippen molar-refractivity contribution in [2.45, 2.75) is 25.2 Å². The van der Waals surface area contributed by atoms with E-state index in [1.54, 1.807) is 0 Å². The number of nitrogens with zero attached hydrogens (tertiary/aromatic N) is 1. The fourth-order valence-corrected chi connectivity index (χ4v) is 1.98. The van der Waals surface area contributed by atoms with Gasteiger partial charge in [-0.2, -0.15) is 0 Å². The third kappa shape index (κ3) is 2.87. The molecular weight excluding hydrogens is 234 g/mol. The number of rotatable bonds is 3. The molecule has 0 aromatic heterocycles. The Hall–Kier alpha value is -1.88. The van der Waals surface area contributed by atoms with Gasteiger partial charge in [0.25, 0.3) is 0 Å². The molecule has 1 aromatic carbocycles. The van der Waals surface area contributed by atoms with Gasteiger partial charge < -0.3 is 14.6 Å². The van der Waals surface area contributed by atoms with Crippen molar-refractivity contribution in [3.63, 3.8) is 0 Å². The average molecular weight is 249 g/mol. The number of ether oxygens (including phenoxy) is 1. The predicted molar refractivity (Wildman–Crippen MR) is 63.8 cm³/mol. The van der Waals surface area contributed by atoms with Gasteiger partial charge in [-0.25, -0.2) is 4.79 Å². The molecule has 0 aliphatic carbocycles. The largest absolute Gasteiger partial charge is 0.445 e. The molecule has 2 atom stereocenters. The van der Waals surface area contributed by atoms with Crippen molar-refractivity contribution in [1.29, 1.82) is 0 Å². The van der Waals surface area contributed by atoms with Crippen LogP contribution in [0, 0.1) is 0 Å². The molecular formula is C13H15NO4. The number of likely N-dealkylation sites (tertiary alicyclic amines) is 1. The molecule has 0 unspecified atom stereocenters. The smallest absolute Gasteiger partial charge is 0.410 e. The van der Waals surface area contributed by atoms with Crippen molar-refractivity contribution < 1.29 is 19.4 Å². The van der Waals surface area contributed by atoms with Crippen LogP contribution in [-0.4, -0.2) is 41.1 Å². The third-order valence-corrected chi connectivity index (χ3v) is 2.92. The molecule has 1 aliphatic rings. The maximum absolute atomic E-state index is 11.8. The van der Waals surface area contributed by atoms with E-state index in [0.29, 0.717) is 6.29 Å². The summed E-state index contributed by atoms with van der Waals surface area (Å²) in [5.41, 5.74) is 0.883. The lowest BCUT2D eigenvalue weighted by Gasteiger charge is -2.19. The maximum atomic E-state index is 11.8. The number of benzene rings is 1. The zero-order chi connectivity index (χ0) is 13.0. The standard InChI is InChI=1S/C13H15NO4/c15-8-11-6-12(16)7-14(11)13(17)18-9-10-4-2-1-3-5-10/h1-5,8,11-12,16H,6-7,9H2/t11-,12-/m0/s1. The summed E-state index contributed by atoms with van der Waals surface area (Å²) in [4.78, 5) is 23.8. The Balaban J connectivity index is 1.90. The highest BCUT2D eigenvalue weighted by Crippen LogP contribution is 2.17. The van der Waals surface area contributed by atoms with Gasteiger partial charge in [0.2, 0.25) is 0 Å². The summed E-state index contributed by atoms with van der Waals surface area (Å²) in [6.45, 7) is 0.314. The Labute approximate surface area is 105 Å². The van der Waals surface area contributed by atoms with Crippen molar-refractivity contribution in [3.05, 3.63) is 35.9 Å². The summed E-state index contributed by atoms with van der Waals surface area (Å²) in [7, 11) is 0. The van der Waals surface area contributed by atoms with Crippen LogP contribution in [0.2, 0.25) is 0 Å². The number of carbonyl (C=O) groups excluding carboxylic acids is 2. The summed E-state index contributed by atoms with van der Waals surface area (Å²) in [6, 6.07) is 8.72. The summed E-state index contributed by atoms with van der Waals surface area (Å²) in [5.74, 6) is 0. The van der Waals surface area contributed by atoms with Crippen LogP contribution in [0.25, 0.3) is 0 Å². The molecule has 1 saturated heterocycles. The molecule has 1 amide bonds. The Morgan fingerprint density at radius 2 is 2.17 bits per heavy atom. The Bertz CT molecular complexity index is 420. The molecule has 0 bridgehead atoms. The third-order valence-electron chi connectivity index (χ3n) is 2.92. The fourth-order valence-electron chi connectivity index (χ4n) is 1.98. The highest BCUT2D eigenvalue weighted by Gasteiger charge is 2.34. The van der Waals surface area contributed by atoms with E-state index in [1.165, 1.54) is 4.90 Å². The molecule has 2 rings (SSSR count). The highest BCUT2D eigenvalue weighted by atomic mass is 16.6. The number of carbonyl (C=O) groups is 2. The zero-order valence-corrected chi connectivity index (χ0v) is 9.86. The molecule has 1 N–H and O–H groups in total. The molecule has 5 nitrogen and oxygen atoms in total. The second-order valence-electron chi connectivity index (χ2n) is 4.29. The Morgan fingerprint density at radius 3 is 2.83 bits per heavy atom. The van der Waals surface area contributed by atoms with Crippen LogP contribution < -0.4 is 0 Å². The van der Waals surface area contributed by atoms with Crippen molar-refractivity contribution in [2.75, 3.05) is 6.54 Å². The molecule has 5 heteroatoms. The summed E-state index contributed by atoms with van der Waals surface area (Å²) in [6.07, 6.45) is -0.263. The van der Waals surface area contributed by atoms with E-state index >= 15 is 0 Å². The van der Waals surface area contributed by atoms with E-state index in [2.05, 4.69) is 0 Å². The first-order valence-electron chi connectivity index (χ1n) is 5.81. The number of amides is 1. The highest BCUT2D eigenvalue weighted by molar-refractivity contribution is 5.74. The van der Waals surface area contributed by atoms with Gasteiger partial charge in [0.1, 0.15) is 12.9 Å². The molecule has 1 fully saturated rings. The van der Waals surface area contributed by atoms with E-state index in [4.69, 9.17) is 4.74 Å². The SMILES string of the molecule is O=C[C@@H]1C[C@H](O)CN1C(=O)OCc1ccccc1. The predicted octanol–water partition coefficient (Wildman–Crippen LogP) is 0.957. The summed E-state index contributed by atoms with van der Waals surface area (Å²) >= 11 is 0. The molecule has 18 heavy (non-hydrogen) atoms. The minimum absolute atomic E-state index is 0.150. The lowest BCUT2D eigenvalue weighted by molar-refractivity contribution is -0.111. The summed E-state index contributed by atoms with van der Waals surface area (Å²) < 4.78 is 5.11. The van der Waals surface area contributed by atoms with Crippen molar-refractivity contribution in [1.82, 2.24) is 4.90 Å². The normalized spacial score (nSPS) is 22.8. The van der Waals surface area contributed by atoms with Crippen LogP contribution in [0.4, 0.5) is 4.79 Å². The van der Waals surface area contributed by atoms with Gasteiger partial charge in [-0.05, 0) is 5.56 Å². The number of aliphatic hydroxyl groups is 1. The van der Waals surface area contributed by atoms with Crippen LogP contribution in [0.3, 0.4) is 0 Å². The average Bonchev–Trinajstić information content (AvgIpc) is 2.78. The number of aldehydes is 1. The second-order valence-corrected chi connectivity index (χ2v) is 4.29. The van der Waals surface area contributed by atoms with Gasteiger partial charge in [0.15, 0.2) is 0 Å². The Morgan fingerprint density at radius 1 is 1.44 bits per heavy atom. The van der Waals surface area contributed by atoms with Crippen LogP contribution in [-0.2, 0) is 16.1 Å². The van der Waals surface area contributed by atoms with Crippen molar-refractivity contribution in [2.24, 2.45) is 0 Å². The molecule has 1 aliphatic heterocycles. The fraction of sp³-hybridized carbons (Fsp3) is 0.385. The summed E-state index contributed by atoms with van der Waals surface area (Å²) in [5, 5.41) is 9.43. The van der Waals surface area contributed by atoms with E-state index in [9.17, 15) is 14.7 Å². The molecule has 1 aromatic rings. The lowest BCUT2D eigenvalue weighted by atomic mass is 10.2. The molecule has 0 saturated carbocycles. The van der Waals surface area contributed by atoms with E-state index in [-0.39, 0.29) is 19.6 Å². The minimum atomic E-state index is -0.649. The topological polar surface area (TPSA) is 66.8 Å². The maximum Gasteiger partial charge on any atom is 0.410 e. The molecule has 96 valence electrons. The monoisotopic (exact) mass is 249 g/mol.